The molecule has 2 heterocycles. The fraction of sp³-hybridized carbons (Fsp3) is 0.294. The highest BCUT2D eigenvalue weighted by Gasteiger charge is 2.00. The van der Waals surface area contributed by atoms with Gasteiger partial charge in [-0.15, -0.1) is 35.3 Å². The summed E-state index contributed by atoms with van der Waals surface area (Å²) in [7, 11) is 0. The van der Waals surface area contributed by atoms with Crippen LogP contribution in [0.15, 0.2) is 53.1 Å². The molecule has 0 aliphatic carbocycles. The van der Waals surface area contributed by atoms with E-state index in [1.54, 1.807) is 11.3 Å². The maximum absolute atomic E-state index is 5.89. The summed E-state index contributed by atoms with van der Waals surface area (Å²) in [6.07, 6.45) is 3.81. The fourth-order valence-electron chi connectivity index (χ4n) is 2.45. The molecular formula is C17H22IN5S. The fourth-order valence-corrected chi connectivity index (χ4v) is 3.16. The van der Waals surface area contributed by atoms with E-state index in [0.29, 0.717) is 12.5 Å². The number of imidazole rings is 1. The van der Waals surface area contributed by atoms with Crippen molar-refractivity contribution in [1.82, 2.24) is 14.9 Å². The van der Waals surface area contributed by atoms with Crippen LogP contribution in [-0.4, -0.2) is 28.6 Å². The van der Waals surface area contributed by atoms with Gasteiger partial charge in [0.2, 0.25) is 0 Å². The molecule has 1 aromatic carbocycles. The van der Waals surface area contributed by atoms with Gasteiger partial charge in [0.05, 0.1) is 17.4 Å². The van der Waals surface area contributed by atoms with Crippen molar-refractivity contribution in [1.29, 1.82) is 0 Å². The Morgan fingerprint density at radius 3 is 2.96 bits per heavy atom. The van der Waals surface area contributed by atoms with Crippen molar-refractivity contribution < 1.29 is 0 Å². The van der Waals surface area contributed by atoms with Crippen LogP contribution in [0.4, 0.5) is 0 Å². The lowest BCUT2D eigenvalue weighted by Gasteiger charge is -2.05. The van der Waals surface area contributed by atoms with Crippen molar-refractivity contribution in [2.45, 2.75) is 19.4 Å². The highest BCUT2D eigenvalue weighted by atomic mass is 127. The summed E-state index contributed by atoms with van der Waals surface area (Å²) in [6.45, 7) is 2.43. The van der Waals surface area contributed by atoms with Gasteiger partial charge in [0, 0.05) is 24.5 Å². The Morgan fingerprint density at radius 1 is 1.25 bits per heavy atom. The highest BCUT2D eigenvalue weighted by Crippen LogP contribution is 2.12. The molecule has 3 N–H and O–H groups in total. The zero-order valence-electron chi connectivity index (χ0n) is 13.4. The number of nitrogens with zero attached hydrogens (tertiary/aromatic N) is 3. The van der Waals surface area contributed by atoms with E-state index in [1.807, 2.05) is 24.5 Å². The number of aryl methyl sites for hydroxylation is 1. The quantitative estimate of drug-likeness (QED) is 0.249. The number of guanidine groups is 1. The van der Waals surface area contributed by atoms with Crippen molar-refractivity contribution >= 4 is 52.3 Å². The summed E-state index contributed by atoms with van der Waals surface area (Å²) in [5.74, 6) is 0.525. The number of aromatic nitrogens is 2. The Kier molecular flexibility index (Phi) is 7.51. The third-order valence-corrected chi connectivity index (χ3v) is 4.56. The first-order chi connectivity index (χ1) is 11.3. The standard InChI is InChI=1S/C17H21N5S.HI/c18-17(20-10-8-14-5-3-12-23-14)19-9-4-11-22-13-21-15-6-1-2-7-16(15)22;/h1-3,5-7,12-13H,4,8-11H2,(H3,18,19,20);1H. The predicted molar refractivity (Wildman–Crippen MR) is 112 cm³/mol. The van der Waals surface area contributed by atoms with Gasteiger partial charge in [-0.1, -0.05) is 18.2 Å². The van der Waals surface area contributed by atoms with Crippen LogP contribution in [-0.2, 0) is 13.0 Å². The van der Waals surface area contributed by atoms with Crippen LogP contribution < -0.4 is 11.1 Å². The molecule has 5 nitrogen and oxygen atoms in total. The molecule has 0 aliphatic rings. The van der Waals surface area contributed by atoms with E-state index in [-0.39, 0.29) is 24.0 Å². The topological polar surface area (TPSA) is 68.2 Å². The van der Waals surface area contributed by atoms with Crippen molar-refractivity contribution in [3.63, 3.8) is 0 Å². The van der Waals surface area contributed by atoms with E-state index in [4.69, 9.17) is 5.73 Å². The number of para-hydroxylation sites is 2. The second-order valence-corrected chi connectivity index (χ2v) is 6.34. The van der Waals surface area contributed by atoms with Crippen molar-refractivity contribution in [3.05, 3.63) is 53.0 Å². The zero-order valence-corrected chi connectivity index (χ0v) is 16.5. The van der Waals surface area contributed by atoms with E-state index >= 15 is 0 Å². The first-order valence-electron chi connectivity index (χ1n) is 7.79. The van der Waals surface area contributed by atoms with Gasteiger partial charge >= 0.3 is 0 Å². The third-order valence-electron chi connectivity index (χ3n) is 3.62. The predicted octanol–water partition coefficient (Wildman–Crippen LogP) is 3.25. The normalized spacial score (nSPS) is 11.4. The maximum Gasteiger partial charge on any atom is 0.188 e. The van der Waals surface area contributed by atoms with Gasteiger partial charge in [-0.2, -0.15) is 0 Å². The third kappa shape index (κ3) is 5.20. The Morgan fingerprint density at radius 2 is 2.12 bits per heavy atom. The van der Waals surface area contributed by atoms with Gasteiger partial charge < -0.3 is 15.6 Å². The minimum atomic E-state index is 0. The molecule has 0 saturated carbocycles. The first-order valence-corrected chi connectivity index (χ1v) is 8.67. The van der Waals surface area contributed by atoms with Crippen LogP contribution in [0.3, 0.4) is 0 Å². The monoisotopic (exact) mass is 455 g/mol. The van der Waals surface area contributed by atoms with E-state index in [2.05, 4.69) is 43.4 Å². The molecule has 0 fully saturated rings. The number of halogens is 1. The SMILES string of the molecule is I.NC(=NCCCn1cnc2ccccc21)NCCc1cccs1. The van der Waals surface area contributed by atoms with Crippen LogP contribution in [0.25, 0.3) is 11.0 Å². The van der Waals surface area contributed by atoms with Crippen molar-refractivity contribution in [3.8, 4) is 0 Å². The largest absolute Gasteiger partial charge is 0.370 e. The van der Waals surface area contributed by atoms with Crippen LogP contribution in [0.2, 0.25) is 0 Å². The molecule has 0 saturated heterocycles. The lowest BCUT2D eigenvalue weighted by Crippen LogP contribution is -2.33. The summed E-state index contributed by atoms with van der Waals surface area (Å²) in [4.78, 5) is 10.1. The molecule has 3 rings (SSSR count). The number of aliphatic imine (C=N–C) groups is 1. The van der Waals surface area contributed by atoms with Gasteiger partial charge in [0.1, 0.15) is 0 Å². The van der Waals surface area contributed by atoms with Crippen LogP contribution in [0.5, 0.6) is 0 Å². The second kappa shape index (κ2) is 9.63. The number of benzene rings is 1. The van der Waals surface area contributed by atoms with Gasteiger partial charge in [-0.05, 0) is 36.4 Å². The van der Waals surface area contributed by atoms with Gasteiger partial charge in [0.15, 0.2) is 5.96 Å². The Labute approximate surface area is 163 Å². The number of hydrogen-bond donors (Lipinski definition) is 2. The minimum absolute atomic E-state index is 0. The molecular weight excluding hydrogens is 433 g/mol. The number of nitrogens with two attached hydrogens (primary N) is 1. The Hall–Kier alpha value is -1.61. The second-order valence-electron chi connectivity index (χ2n) is 5.30. The molecule has 0 bridgehead atoms. The summed E-state index contributed by atoms with van der Waals surface area (Å²) >= 11 is 1.77. The Bertz CT molecular complexity index is 766. The average Bonchev–Trinajstić information content (AvgIpc) is 3.21. The molecule has 24 heavy (non-hydrogen) atoms. The molecule has 0 unspecified atom stereocenters. The lowest BCUT2D eigenvalue weighted by atomic mass is 10.3. The highest BCUT2D eigenvalue weighted by molar-refractivity contribution is 14.0. The van der Waals surface area contributed by atoms with E-state index in [9.17, 15) is 0 Å². The molecule has 3 aromatic rings. The molecule has 128 valence electrons. The number of thiophene rings is 1. The summed E-state index contributed by atoms with van der Waals surface area (Å²) in [5, 5.41) is 5.25. The van der Waals surface area contributed by atoms with Gasteiger partial charge in [-0.25, -0.2) is 4.98 Å². The number of hydrogen-bond acceptors (Lipinski definition) is 3. The zero-order chi connectivity index (χ0) is 15.9. The van der Waals surface area contributed by atoms with Crippen molar-refractivity contribution in [2.75, 3.05) is 13.1 Å². The number of fused-ring (bicyclic) bond motifs is 1. The molecule has 0 aliphatic heterocycles. The summed E-state index contributed by atoms with van der Waals surface area (Å²) in [5.41, 5.74) is 8.08. The van der Waals surface area contributed by atoms with Crippen molar-refractivity contribution in [2.24, 2.45) is 10.7 Å². The lowest BCUT2D eigenvalue weighted by molar-refractivity contribution is 0.664. The van der Waals surface area contributed by atoms with Crippen LogP contribution in [0.1, 0.15) is 11.3 Å². The molecule has 0 spiro atoms. The van der Waals surface area contributed by atoms with E-state index < -0.39 is 0 Å². The average molecular weight is 455 g/mol. The first kappa shape index (κ1) is 18.7. The van der Waals surface area contributed by atoms with E-state index in [1.165, 1.54) is 10.4 Å². The summed E-state index contributed by atoms with van der Waals surface area (Å²) in [6, 6.07) is 12.4. The number of rotatable bonds is 7. The summed E-state index contributed by atoms with van der Waals surface area (Å²) < 4.78 is 2.16. The smallest absolute Gasteiger partial charge is 0.188 e. The minimum Gasteiger partial charge on any atom is -0.370 e. The molecule has 0 amide bonds. The van der Waals surface area contributed by atoms with Crippen LogP contribution >= 0.6 is 35.3 Å². The number of nitrogens with one attached hydrogen (secondary N) is 1. The van der Waals surface area contributed by atoms with E-state index in [0.717, 1.165) is 31.4 Å². The molecule has 7 heteroatoms. The maximum atomic E-state index is 5.89. The molecule has 0 radical (unpaired) electrons. The molecule has 2 aromatic heterocycles. The molecule has 0 atom stereocenters. The van der Waals surface area contributed by atoms with Crippen LogP contribution in [0, 0.1) is 0 Å². The Balaban J connectivity index is 0.00000208. The van der Waals surface area contributed by atoms with Gasteiger partial charge in [-0.3, -0.25) is 4.99 Å². The van der Waals surface area contributed by atoms with Gasteiger partial charge in [0.25, 0.3) is 0 Å².